The molecule has 0 aromatic heterocycles. The Kier molecular flexibility index (Phi) is 15.8. The van der Waals surface area contributed by atoms with E-state index in [2.05, 4.69) is 149 Å². The van der Waals surface area contributed by atoms with Gasteiger partial charge in [0.05, 0.1) is 13.7 Å². The van der Waals surface area contributed by atoms with E-state index in [4.69, 9.17) is 9.47 Å². The van der Waals surface area contributed by atoms with Gasteiger partial charge in [-0.2, -0.15) is 0 Å². The number of ether oxygens (including phenoxy) is 2. The minimum Gasteiger partial charge on any atom is -0.496 e. The van der Waals surface area contributed by atoms with Gasteiger partial charge >= 0.3 is 0 Å². The van der Waals surface area contributed by atoms with Gasteiger partial charge in [0.15, 0.2) is 0 Å². The Morgan fingerprint density at radius 2 is 1.28 bits per heavy atom. The zero-order valence-corrected chi connectivity index (χ0v) is 31.9. The summed E-state index contributed by atoms with van der Waals surface area (Å²) in [6.45, 7) is 14.1. The molecule has 0 aliphatic rings. The molecule has 4 rings (SSSR count). The van der Waals surface area contributed by atoms with Gasteiger partial charge in [0, 0.05) is 28.2 Å². The summed E-state index contributed by atoms with van der Waals surface area (Å²) in [5.41, 5.74) is 9.27. The standard InChI is InChI=1S/C47H61NO2/c1-8-10-11-12-17-39-21-28-44(29-22-39)48(43-26-18-38(6)19-27-43)45-30-23-40(24-31-45)20-25-42-35-47(41(14-9-2)34-46(42)49-7)50-33-32-37(5)16-13-15-36(3)4/h9,14,18-31,34-37H,8,10-13,15-17,32-33H2,1-7H3. The fourth-order valence-corrected chi connectivity index (χ4v) is 6.35. The van der Waals surface area contributed by atoms with Crippen LogP contribution in [0.1, 0.15) is 114 Å². The van der Waals surface area contributed by atoms with Crippen LogP contribution in [-0.2, 0) is 6.42 Å². The quantitative estimate of drug-likeness (QED) is 0.0689. The minimum absolute atomic E-state index is 0.654. The number of methoxy groups -OCH3 is 1. The largest absolute Gasteiger partial charge is 0.496 e. The average molecular weight is 672 g/mol. The van der Waals surface area contributed by atoms with E-state index in [0.29, 0.717) is 12.5 Å². The highest BCUT2D eigenvalue weighted by Gasteiger charge is 2.14. The first kappa shape index (κ1) is 38.6. The maximum absolute atomic E-state index is 6.40. The van der Waals surface area contributed by atoms with Crippen LogP contribution in [0.15, 0.2) is 91.0 Å². The predicted molar refractivity (Wildman–Crippen MR) is 218 cm³/mol. The number of allylic oxidation sites excluding steroid dienone is 1. The lowest BCUT2D eigenvalue weighted by Crippen LogP contribution is -2.10. The fourth-order valence-electron chi connectivity index (χ4n) is 6.35. The number of unbranched alkanes of at least 4 members (excludes halogenated alkanes) is 3. The van der Waals surface area contributed by atoms with Crippen LogP contribution < -0.4 is 14.4 Å². The molecule has 4 aromatic rings. The van der Waals surface area contributed by atoms with Crippen molar-refractivity contribution >= 4 is 35.3 Å². The predicted octanol–water partition coefficient (Wildman–Crippen LogP) is 14.0. The van der Waals surface area contributed by atoms with Crippen LogP contribution in [0.25, 0.3) is 18.2 Å². The van der Waals surface area contributed by atoms with E-state index in [0.717, 1.165) is 64.0 Å². The van der Waals surface area contributed by atoms with E-state index in [1.54, 1.807) is 7.11 Å². The summed E-state index contributed by atoms with van der Waals surface area (Å²) in [6.07, 6.45) is 19.6. The van der Waals surface area contributed by atoms with Gasteiger partial charge in [0.1, 0.15) is 11.5 Å². The summed E-state index contributed by atoms with van der Waals surface area (Å²) >= 11 is 0. The third-order valence-electron chi connectivity index (χ3n) is 9.47. The topological polar surface area (TPSA) is 21.7 Å². The molecule has 1 atom stereocenters. The number of benzene rings is 4. The normalized spacial score (nSPS) is 12.2. The van der Waals surface area contributed by atoms with Crippen molar-refractivity contribution in [3.63, 3.8) is 0 Å². The highest BCUT2D eigenvalue weighted by molar-refractivity contribution is 5.79. The zero-order chi connectivity index (χ0) is 35.7. The lowest BCUT2D eigenvalue weighted by Gasteiger charge is -2.26. The van der Waals surface area contributed by atoms with Gasteiger partial charge in [-0.05, 0) is 105 Å². The molecule has 3 heteroatoms. The minimum atomic E-state index is 0.654. The molecule has 0 saturated heterocycles. The fraction of sp³-hybridized carbons (Fsp3) is 0.404. The maximum Gasteiger partial charge on any atom is 0.127 e. The maximum atomic E-state index is 6.40. The molecule has 0 N–H and O–H groups in total. The summed E-state index contributed by atoms with van der Waals surface area (Å²) < 4.78 is 12.2. The van der Waals surface area contributed by atoms with Crippen LogP contribution in [0.4, 0.5) is 17.1 Å². The summed E-state index contributed by atoms with van der Waals surface area (Å²) in [6, 6.07) is 30.9. The Morgan fingerprint density at radius 1 is 0.660 bits per heavy atom. The first-order valence-corrected chi connectivity index (χ1v) is 19.0. The van der Waals surface area contributed by atoms with Gasteiger partial charge in [-0.3, -0.25) is 0 Å². The molecule has 0 aliphatic carbocycles. The summed E-state index contributed by atoms with van der Waals surface area (Å²) in [4.78, 5) is 2.34. The number of nitrogens with zero attached hydrogens (tertiary/aromatic N) is 1. The van der Waals surface area contributed by atoms with Crippen LogP contribution in [0, 0.1) is 18.8 Å². The molecule has 0 spiro atoms. The van der Waals surface area contributed by atoms with Crippen LogP contribution in [-0.4, -0.2) is 13.7 Å². The third-order valence-corrected chi connectivity index (χ3v) is 9.47. The van der Waals surface area contributed by atoms with Gasteiger partial charge in [-0.1, -0.05) is 132 Å². The molecule has 3 nitrogen and oxygen atoms in total. The molecule has 0 amide bonds. The van der Waals surface area contributed by atoms with Crippen molar-refractivity contribution in [2.24, 2.45) is 11.8 Å². The monoisotopic (exact) mass is 671 g/mol. The van der Waals surface area contributed by atoms with E-state index >= 15 is 0 Å². The molecule has 266 valence electrons. The molecular weight excluding hydrogens is 611 g/mol. The van der Waals surface area contributed by atoms with Crippen LogP contribution >= 0.6 is 0 Å². The highest BCUT2D eigenvalue weighted by Crippen LogP contribution is 2.36. The van der Waals surface area contributed by atoms with Gasteiger partial charge in [0.25, 0.3) is 0 Å². The van der Waals surface area contributed by atoms with Gasteiger partial charge in [-0.15, -0.1) is 0 Å². The second-order valence-corrected chi connectivity index (χ2v) is 14.3. The van der Waals surface area contributed by atoms with Crippen molar-refractivity contribution in [2.75, 3.05) is 18.6 Å². The Hall–Kier alpha value is -4.24. The van der Waals surface area contributed by atoms with E-state index in [1.807, 2.05) is 6.92 Å². The number of aryl methyl sites for hydroxylation is 2. The van der Waals surface area contributed by atoms with Crippen molar-refractivity contribution in [1.29, 1.82) is 0 Å². The van der Waals surface area contributed by atoms with Crippen molar-refractivity contribution in [1.82, 2.24) is 0 Å². The molecule has 1 unspecified atom stereocenters. The second-order valence-electron chi connectivity index (χ2n) is 14.3. The van der Waals surface area contributed by atoms with Crippen molar-refractivity contribution < 1.29 is 9.47 Å². The van der Waals surface area contributed by atoms with Gasteiger partial charge in [0.2, 0.25) is 0 Å². The Morgan fingerprint density at radius 3 is 1.90 bits per heavy atom. The molecule has 0 radical (unpaired) electrons. The van der Waals surface area contributed by atoms with Crippen LogP contribution in [0.5, 0.6) is 11.5 Å². The molecule has 0 saturated carbocycles. The molecule has 50 heavy (non-hydrogen) atoms. The smallest absolute Gasteiger partial charge is 0.127 e. The number of anilines is 3. The summed E-state index contributed by atoms with van der Waals surface area (Å²) in [5.74, 6) is 3.15. The van der Waals surface area contributed by atoms with E-state index < -0.39 is 0 Å². The molecule has 0 aliphatic heterocycles. The van der Waals surface area contributed by atoms with Crippen molar-refractivity contribution in [3.05, 3.63) is 119 Å². The SMILES string of the molecule is CC=Cc1cc(OC)c(C=Cc2ccc(N(c3ccc(C)cc3)c3ccc(CCCCCC)cc3)cc2)cc1OCCC(C)CCCC(C)C. The summed E-state index contributed by atoms with van der Waals surface area (Å²) in [5, 5.41) is 0. The van der Waals surface area contributed by atoms with E-state index in [9.17, 15) is 0 Å². The van der Waals surface area contributed by atoms with E-state index in [1.165, 1.54) is 56.1 Å². The first-order chi connectivity index (χ1) is 24.3. The summed E-state index contributed by atoms with van der Waals surface area (Å²) in [7, 11) is 1.74. The lowest BCUT2D eigenvalue weighted by atomic mass is 9.98. The molecule has 0 heterocycles. The van der Waals surface area contributed by atoms with Crippen molar-refractivity contribution in [2.45, 2.75) is 99.3 Å². The molecule has 0 bridgehead atoms. The first-order valence-electron chi connectivity index (χ1n) is 19.0. The Bertz CT molecular complexity index is 1610. The molecule has 0 fully saturated rings. The third kappa shape index (κ3) is 12.0. The Balaban J connectivity index is 1.52. The number of hydrogen-bond donors (Lipinski definition) is 0. The van der Waals surface area contributed by atoms with Gasteiger partial charge in [-0.25, -0.2) is 0 Å². The van der Waals surface area contributed by atoms with Crippen LogP contribution in [0.2, 0.25) is 0 Å². The molecule has 4 aromatic carbocycles. The second kappa shape index (κ2) is 20.4. The Labute approximate surface area is 304 Å². The lowest BCUT2D eigenvalue weighted by molar-refractivity contribution is 0.275. The molecular formula is C47H61NO2. The zero-order valence-electron chi connectivity index (χ0n) is 31.9. The van der Waals surface area contributed by atoms with Gasteiger partial charge < -0.3 is 14.4 Å². The van der Waals surface area contributed by atoms with Crippen molar-refractivity contribution in [3.8, 4) is 11.5 Å². The highest BCUT2D eigenvalue weighted by atomic mass is 16.5. The number of rotatable bonds is 20. The average Bonchev–Trinajstić information content (AvgIpc) is 3.12. The van der Waals surface area contributed by atoms with E-state index in [-0.39, 0.29) is 0 Å². The van der Waals surface area contributed by atoms with Crippen LogP contribution in [0.3, 0.4) is 0 Å². The number of hydrogen-bond acceptors (Lipinski definition) is 3.